The molecule has 1 heterocycles. The molecule has 0 bridgehead atoms. The maximum absolute atomic E-state index is 12.6. The number of aromatic nitrogens is 2. The Bertz CT molecular complexity index is 1100. The second-order valence-electron chi connectivity index (χ2n) is 8.82. The summed E-state index contributed by atoms with van der Waals surface area (Å²) >= 11 is 0. The first-order valence-corrected chi connectivity index (χ1v) is 10.9. The van der Waals surface area contributed by atoms with Crippen LogP contribution < -0.4 is 9.47 Å². The van der Waals surface area contributed by atoms with Gasteiger partial charge in [-0.1, -0.05) is 45.0 Å². The SMILES string of the molecule is CCn1cc(C(=O)/C=C/c2ccc(OC)c(COc3ccc(C(C)(C)C)cc3)c2)c(C)n1. The van der Waals surface area contributed by atoms with Gasteiger partial charge in [0.15, 0.2) is 5.78 Å². The van der Waals surface area contributed by atoms with E-state index in [-0.39, 0.29) is 11.2 Å². The van der Waals surface area contributed by atoms with Crippen LogP contribution in [0.4, 0.5) is 0 Å². The molecule has 0 unspecified atom stereocenters. The van der Waals surface area contributed by atoms with Crippen LogP contribution in [-0.4, -0.2) is 22.7 Å². The Balaban J connectivity index is 1.73. The Morgan fingerprint density at radius 3 is 2.44 bits per heavy atom. The number of carbonyl (C=O) groups excluding carboxylic acids is 1. The number of ether oxygens (including phenoxy) is 2. The van der Waals surface area contributed by atoms with Crippen LogP contribution in [0.25, 0.3) is 6.08 Å². The quantitative estimate of drug-likeness (QED) is 0.324. The van der Waals surface area contributed by atoms with Crippen molar-refractivity contribution in [2.45, 2.75) is 53.2 Å². The van der Waals surface area contributed by atoms with Gasteiger partial charge in [0, 0.05) is 18.3 Å². The van der Waals surface area contributed by atoms with E-state index in [4.69, 9.17) is 9.47 Å². The number of benzene rings is 2. The van der Waals surface area contributed by atoms with Crippen molar-refractivity contribution >= 4 is 11.9 Å². The highest BCUT2D eigenvalue weighted by atomic mass is 16.5. The van der Waals surface area contributed by atoms with Crippen LogP contribution in [0.15, 0.2) is 54.7 Å². The molecule has 0 spiro atoms. The summed E-state index contributed by atoms with van der Waals surface area (Å²) in [5.41, 5.74) is 4.55. The molecule has 3 rings (SSSR count). The summed E-state index contributed by atoms with van der Waals surface area (Å²) in [5.74, 6) is 1.49. The highest BCUT2D eigenvalue weighted by molar-refractivity contribution is 6.07. The van der Waals surface area contributed by atoms with E-state index in [2.05, 4.69) is 38.0 Å². The van der Waals surface area contributed by atoms with Gasteiger partial charge in [-0.2, -0.15) is 5.10 Å². The van der Waals surface area contributed by atoms with Crippen molar-refractivity contribution in [3.05, 3.63) is 82.7 Å². The van der Waals surface area contributed by atoms with E-state index in [9.17, 15) is 4.79 Å². The zero-order valence-electron chi connectivity index (χ0n) is 19.8. The molecular weight excluding hydrogens is 400 g/mol. The van der Waals surface area contributed by atoms with Crippen molar-refractivity contribution in [3.63, 3.8) is 0 Å². The predicted octanol–water partition coefficient (Wildman–Crippen LogP) is 5.99. The van der Waals surface area contributed by atoms with E-state index in [0.717, 1.165) is 34.9 Å². The molecule has 1 aromatic heterocycles. The maximum atomic E-state index is 12.6. The molecule has 0 radical (unpaired) electrons. The Morgan fingerprint density at radius 2 is 1.84 bits per heavy atom. The Hall–Kier alpha value is -3.34. The van der Waals surface area contributed by atoms with Gasteiger partial charge in [0.25, 0.3) is 0 Å². The van der Waals surface area contributed by atoms with Gasteiger partial charge in [-0.05, 0) is 60.7 Å². The lowest BCUT2D eigenvalue weighted by Crippen LogP contribution is -2.10. The molecule has 32 heavy (non-hydrogen) atoms. The van der Waals surface area contributed by atoms with Crippen LogP contribution in [0.5, 0.6) is 11.5 Å². The lowest BCUT2D eigenvalue weighted by molar-refractivity contribution is 0.104. The average molecular weight is 433 g/mol. The summed E-state index contributed by atoms with van der Waals surface area (Å²) in [6.45, 7) is 11.5. The molecule has 0 aliphatic carbocycles. The molecule has 3 aromatic rings. The number of allylic oxidation sites excluding steroid dienone is 1. The van der Waals surface area contributed by atoms with Gasteiger partial charge in [-0.15, -0.1) is 0 Å². The maximum Gasteiger partial charge on any atom is 0.189 e. The predicted molar refractivity (Wildman–Crippen MR) is 128 cm³/mol. The van der Waals surface area contributed by atoms with E-state index < -0.39 is 0 Å². The Kier molecular flexibility index (Phi) is 7.18. The third kappa shape index (κ3) is 5.67. The molecule has 2 aromatic carbocycles. The number of ketones is 1. The molecule has 168 valence electrons. The van der Waals surface area contributed by atoms with Crippen LogP contribution in [0.1, 0.15) is 60.4 Å². The molecule has 0 saturated carbocycles. The lowest BCUT2D eigenvalue weighted by atomic mass is 9.87. The number of hydrogen-bond acceptors (Lipinski definition) is 4. The van der Waals surface area contributed by atoms with Crippen molar-refractivity contribution in [2.75, 3.05) is 7.11 Å². The zero-order chi connectivity index (χ0) is 23.3. The highest BCUT2D eigenvalue weighted by Crippen LogP contribution is 2.26. The summed E-state index contributed by atoms with van der Waals surface area (Å²) in [4.78, 5) is 12.6. The summed E-state index contributed by atoms with van der Waals surface area (Å²) < 4.78 is 13.3. The largest absolute Gasteiger partial charge is 0.496 e. The van der Waals surface area contributed by atoms with Gasteiger partial charge in [0.1, 0.15) is 18.1 Å². The fourth-order valence-corrected chi connectivity index (χ4v) is 3.41. The second-order valence-corrected chi connectivity index (χ2v) is 8.82. The summed E-state index contributed by atoms with van der Waals surface area (Å²) in [5, 5.41) is 4.34. The second kappa shape index (κ2) is 9.86. The first-order chi connectivity index (χ1) is 15.2. The van der Waals surface area contributed by atoms with Gasteiger partial charge in [-0.3, -0.25) is 9.48 Å². The number of aryl methyl sites for hydroxylation is 2. The number of hydrogen-bond donors (Lipinski definition) is 0. The van der Waals surface area contributed by atoms with E-state index >= 15 is 0 Å². The molecule has 0 aliphatic rings. The van der Waals surface area contributed by atoms with Crippen molar-refractivity contribution in [3.8, 4) is 11.5 Å². The Labute approximate surface area is 190 Å². The first-order valence-electron chi connectivity index (χ1n) is 10.9. The monoisotopic (exact) mass is 432 g/mol. The summed E-state index contributed by atoms with van der Waals surface area (Å²) in [6.07, 6.45) is 5.19. The van der Waals surface area contributed by atoms with Crippen molar-refractivity contribution in [1.29, 1.82) is 0 Å². The van der Waals surface area contributed by atoms with Gasteiger partial charge in [0.2, 0.25) is 0 Å². The average Bonchev–Trinajstić information content (AvgIpc) is 3.16. The number of methoxy groups -OCH3 is 1. The molecule has 0 atom stereocenters. The van der Waals surface area contributed by atoms with Crippen LogP contribution in [0, 0.1) is 6.92 Å². The molecule has 0 saturated heterocycles. The highest BCUT2D eigenvalue weighted by Gasteiger charge is 2.13. The zero-order valence-corrected chi connectivity index (χ0v) is 19.8. The standard InChI is InChI=1S/C27H32N2O3/c1-7-29-17-24(19(2)28-29)25(30)14-8-20-9-15-26(31-6)21(16-20)18-32-23-12-10-22(11-13-23)27(3,4)5/h8-17H,7,18H2,1-6H3/b14-8+. The van der Waals surface area contributed by atoms with E-state index in [0.29, 0.717) is 12.2 Å². The lowest BCUT2D eigenvalue weighted by Gasteiger charge is -2.19. The minimum absolute atomic E-state index is 0.0604. The minimum Gasteiger partial charge on any atom is -0.496 e. The van der Waals surface area contributed by atoms with Crippen LogP contribution in [0.3, 0.4) is 0 Å². The van der Waals surface area contributed by atoms with Crippen LogP contribution in [-0.2, 0) is 18.6 Å². The minimum atomic E-state index is -0.0604. The molecule has 0 fully saturated rings. The first kappa shape index (κ1) is 23.3. The normalized spacial score (nSPS) is 11.7. The third-order valence-corrected chi connectivity index (χ3v) is 5.38. The number of nitrogens with zero attached hydrogens (tertiary/aromatic N) is 2. The third-order valence-electron chi connectivity index (χ3n) is 5.38. The van der Waals surface area contributed by atoms with Gasteiger partial charge >= 0.3 is 0 Å². The van der Waals surface area contributed by atoms with Crippen LogP contribution in [0.2, 0.25) is 0 Å². The topological polar surface area (TPSA) is 53.4 Å². The van der Waals surface area contributed by atoms with E-state index in [1.807, 2.05) is 50.3 Å². The summed E-state index contributed by atoms with van der Waals surface area (Å²) in [7, 11) is 1.64. The number of carbonyl (C=O) groups is 1. The van der Waals surface area contributed by atoms with Crippen molar-refractivity contribution in [2.24, 2.45) is 0 Å². The summed E-state index contributed by atoms with van der Waals surface area (Å²) in [6, 6.07) is 14.0. The molecule has 5 nitrogen and oxygen atoms in total. The molecular formula is C27H32N2O3. The molecule has 0 N–H and O–H groups in total. The van der Waals surface area contributed by atoms with Gasteiger partial charge in [-0.25, -0.2) is 0 Å². The fraction of sp³-hybridized carbons (Fsp3) is 0.333. The molecule has 0 aliphatic heterocycles. The molecule has 0 amide bonds. The van der Waals surface area contributed by atoms with Crippen LogP contribution >= 0.6 is 0 Å². The molecule has 5 heteroatoms. The fourth-order valence-electron chi connectivity index (χ4n) is 3.41. The van der Waals surface area contributed by atoms with Gasteiger partial charge in [0.05, 0.1) is 18.4 Å². The smallest absolute Gasteiger partial charge is 0.189 e. The van der Waals surface area contributed by atoms with Gasteiger partial charge < -0.3 is 9.47 Å². The Morgan fingerprint density at radius 1 is 1.12 bits per heavy atom. The van der Waals surface area contributed by atoms with Crippen molar-refractivity contribution in [1.82, 2.24) is 9.78 Å². The number of rotatable bonds is 8. The van der Waals surface area contributed by atoms with Crippen molar-refractivity contribution < 1.29 is 14.3 Å². The van der Waals surface area contributed by atoms with E-state index in [1.54, 1.807) is 24.1 Å². The van der Waals surface area contributed by atoms with E-state index in [1.165, 1.54) is 5.56 Å².